The van der Waals surface area contributed by atoms with E-state index < -0.39 is 0 Å². The highest BCUT2D eigenvalue weighted by Gasteiger charge is 2.23. The lowest BCUT2D eigenvalue weighted by Crippen LogP contribution is -2.37. The number of nitrogens with one attached hydrogen (secondary N) is 1. The van der Waals surface area contributed by atoms with E-state index in [9.17, 15) is 0 Å². The number of hydrogen-bond donors (Lipinski definition) is 1. The third-order valence-electron chi connectivity index (χ3n) is 4.74. The third-order valence-corrected chi connectivity index (χ3v) is 4.74. The maximum atomic E-state index is 6.26. The van der Waals surface area contributed by atoms with Gasteiger partial charge in [-0.15, -0.1) is 0 Å². The van der Waals surface area contributed by atoms with Crippen LogP contribution in [0.15, 0.2) is 35.0 Å². The van der Waals surface area contributed by atoms with Crippen LogP contribution in [-0.2, 0) is 6.54 Å². The smallest absolute Gasteiger partial charge is 0.240 e. The van der Waals surface area contributed by atoms with Gasteiger partial charge in [0.1, 0.15) is 11.9 Å². The van der Waals surface area contributed by atoms with E-state index in [4.69, 9.17) is 9.26 Å². The molecule has 25 heavy (non-hydrogen) atoms. The Morgan fingerprint density at radius 1 is 1.28 bits per heavy atom. The maximum absolute atomic E-state index is 6.26. The SMILES string of the molecule is CC(C)c1noc(CN2CCC(Oc3cccc4[nH]ccc34)CC2)n1. The molecule has 2 aromatic heterocycles. The van der Waals surface area contributed by atoms with Crippen molar-refractivity contribution in [2.45, 2.75) is 45.3 Å². The first-order valence-electron chi connectivity index (χ1n) is 8.96. The maximum Gasteiger partial charge on any atom is 0.240 e. The van der Waals surface area contributed by atoms with Gasteiger partial charge in [0, 0.05) is 36.1 Å². The minimum atomic E-state index is 0.255. The third kappa shape index (κ3) is 3.54. The highest BCUT2D eigenvalue weighted by Crippen LogP contribution is 2.27. The predicted octanol–water partition coefficient (Wildman–Crippen LogP) is 3.72. The Kier molecular flexibility index (Phi) is 4.44. The summed E-state index contributed by atoms with van der Waals surface area (Å²) in [5.74, 6) is 2.76. The van der Waals surface area contributed by atoms with Gasteiger partial charge in [-0.05, 0) is 31.0 Å². The number of piperidine rings is 1. The number of H-pyrrole nitrogens is 1. The van der Waals surface area contributed by atoms with Gasteiger partial charge in [-0.2, -0.15) is 4.98 Å². The summed E-state index contributed by atoms with van der Waals surface area (Å²) < 4.78 is 11.6. The predicted molar refractivity (Wildman–Crippen MR) is 95.6 cm³/mol. The summed E-state index contributed by atoms with van der Waals surface area (Å²) in [5, 5.41) is 5.19. The van der Waals surface area contributed by atoms with Gasteiger partial charge in [-0.1, -0.05) is 25.1 Å². The van der Waals surface area contributed by atoms with E-state index in [1.54, 1.807) is 0 Å². The van der Waals surface area contributed by atoms with Crippen LogP contribution < -0.4 is 4.74 Å². The van der Waals surface area contributed by atoms with Crippen molar-refractivity contribution in [1.82, 2.24) is 20.0 Å². The number of nitrogens with zero attached hydrogens (tertiary/aromatic N) is 3. The second kappa shape index (κ2) is 6.88. The molecule has 0 bridgehead atoms. The van der Waals surface area contributed by atoms with E-state index in [1.807, 2.05) is 12.3 Å². The minimum absolute atomic E-state index is 0.255. The first kappa shape index (κ1) is 16.1. The summed E-state index contributed by atoms with van der Waals surface area (Å²) in [6.45, 7) is 6.82. The molecule has 0 atom stereocenters. The molecule has 3 aromatic rings. The van der Waals surface area contributed by atoms with E-state index in [1.165, 1.54) is 0 Å². The monoisotopic (exact) mass is 340 g/mol. The molecule has 0 aliphatic carbocycles. The molecule has 6 heteroatoms. The molecule has 1 aliphatic heterocycles. The highest BCUT2D eigenvalue weighted by molar-refractivity contribution is 5.85. The van der Waals surface area contributed by atoms with Crippen LogP contribution >= 0.6 is 0 Å². The summed E-state index contributed by atoms with van der Waals surface area (Å²) in [4.78, 5) is 10.1. The van der Waals surface area contributed by atoms with Crippen molar-refractivity contribution in [2.75, 3.05) is 13.1 Å². The quantitative estimate of drug-likeness (QED) is 0.767. The zero-order valence-electron chi connectivity index (χ0n) is 14.7. The minimum Gasteiger partial charge on any atom is -0.490 e. The molecule has 132 valence electrons. The fraction of sp³-hybridized carbons (Fsp3) is 0.474. The van der Waals surface area contributed by atoms with Crippen LogP contribution in [-0.4, -0.2) is 39.2 Å². The van der Waals surface area contributed by atoms with Crippen molar-refractivity contribution in [2.24, 2.45) is 0 Å². The number of rotatable bonds is 5. The summed E-state index contributed by atoms with van der Waals surface area (Å²) in [5.41, 5.74) is 1.12. The molecular weight excluding hydrogens is 316 g/mol. The number of likely N-dealkylation sites (tertiary alicyclic amines) is 1. The number of fused-ring (bicyclic) bond motifs is 1. The molecule has 0 spiro atoms. The Bertz CT molecular complexity index is 831. The molecule has 4 rings (SSSR count). The van der Waals surface area contributed by atoms with Crippen LogP contribution in [0.2, 0.25) is 0 Å². The average molecular weight is 340 g/mol. The molecular formula is C19H24N4O2. The van der Waals surface area contributed by atoms with Gasteiger partial charge >= 0.3 is 0 Å². The molecule has 1 N–H and O–H groups in total. The van der Waals surface area contributed by atoms with E-state index >= 15 is 0 Å². The molecule has 1 saturated heterocycles. The van der Waals surface area contributed by atoms with Crippen molar-refractivity contribution in [1.29, 1.82) is 0 Å². The molecule has 1 aliphatic rings. The Morgan fingerprint density at radius 2 is 2.12 bits per heavy atom. The molecule has 6 nitrogen and oxygen atoms in total. The van der Waals surface area contributed by atoms with Crippen LogP contribution in [0.1, 0.15) is 44.3 Å². The second-order valence-corrected chi connectivity index (χ2v) is 6.99. The highest BCUT2D eigenvalue weighted by atomic mass is 16.5. The molecule has 1 fully saturated rings. The van der Waals surface area contributed by atoms with Crippen molar-refractivity contribution < 1.29 is 9.26 Å². The van der Waals surface area contributed by atoms with Gasteiger partial charge in [-0.25, -0.2) is 0 Å². The number of aromatic nitrogens is 3. The topological polar surface area (TPSA) is 67.2 Å². The number of aromatic amines is 1. The lowest BCUT2D eigenvalue weighted by Gasteiger charge is -2.31. The molecule has 0 saturated carbocycles. The van der Waals surface area contributed by atoms with Crippen molar-refractivity contribution in [3.63, 3.8) is 0 Å². The zero-order chi connectivity index (χ0) is 17.2. The van der Waals surface area contributed by atoms with Crippen LogP contribution in [0.25, 0.3) is 10.9 Å². The largest absolute Gasteiger partial charge is 0.490 e. The Hall–Kier alpha value is -2.34. The lowest BCUT2D eigenvalue weighted by molar-refractivity contribution is 0.0915. The molecule has 0 amide bonds. The van der Waals surface area contributed by atoms with Gasteiger partial charge in [0.2, 0.25) is 5.89 Å². The van der Waals surface area contributed by atoms with Gasteiger partial charge < -0.3 is 14.2 Å². The van der Waals surface area contributed by atoms with Crippen LogP contribution in [0, 0.1) is 0 Å². The molecule has 0 unspecified atom stereocenters. The van der Waals surface area contributed by atoms with Gasteiger partial charge in [0.05, 0.1) is 6.54 Å². The summed E-state index contributed by atoms with van der Waals surface area (Å²) >= 11 is 0. The number of hydrogen-bond acceptors (Lipinski definition) is 5. The van der Waals surface area contributed by atoms with E-state index in [-0.39, 0.29) is 6.10 Å². The lowest BCUT2D eigenvalue weighted by atomic mass is 10.1. The van der Waals surface area contributed by atoms with Crippen LogP contribution in [0.4, 0.5) is 0 Å². The summed E-state index contributed by atoms with van der Waals surface area (Å²) in [7, 11) is 0. The fourth-order valence-electron chi connectivity index (χ4n) is 3.28. The van der Waals surface area contributed by atoms with E-state index in [0.29, 0.717) is 11.8 Å². The number of ether oxygens (including phenoxy) is 1. The van der Waals surface area contributed by atoms with Crippen LogP contribution in [0.3, 0.4) is 0 Å². The average Bonchev–Trinajstić information content (AvgIpc) is 3.26. The standard InChI is InChI=1S/C19H24N4O2/c1-13(2)19-21-18(25-22-19)12-23-10-7-14(8-11-23)24-17-5-3-4-16-15(17)6-9-20-16/h3-6,9,13-14,20H,7-8,10-12H2,1-2H3. The summed E-state index contributed by atoms with van der Waals surface area (Å²) in [6, 6.07) is 8.22. The fourth-order valence-corrected chi connectivity index (χ4v) is 3.28. The second-order valence-electron chi connectivity index (χ2n) is 6.99. The van der Waals surface area contributed by atoms with Gasteiger partial charge in [0.25, 0.3) is 0 Å². The van der Waals surface area contributed by atoms with Crippen molar-refractivity contribution >= 4 is 10.9 Å². The molecule has 0 radical (unpaired) electrons. The zero-order valence-corrected chi connectivity index (χ0v) is 14.7. The Morgan fingerprint density at radius 3 is 2.88 bits per heavy atom. The van der Waals surface area contributed by atoms with Gasteiger partial charge in [-0.3, -0.25) is 4.90 Å². The normalized spacial score (nSPS) is 16.8. The Labute approximate surface area is 147 Å². The first-order valence-corrected chi connectivity index (χ1v) is 8.96. The van der Waals surface area contributed by atoms with E-state index in [2.05, 4.69) is 52.1 Å². The molecule has 3 heterocycles. The van der Waals surface area contributed by atoms with Crippen LogP contribution in [0.5, 0.6) is 5.75 Å². The van der Waals surface area contributed by atoms with Crippen molar-refractivity contribution in [3.05, 3.63) is 42.2 Å². The first-order chi connectivity index (χ1) is 12.2. The Balaban J connectivity index is 1.33. The molecule has 1 aromatic carbocycles. The summed E-state index contributed by atoms with van der Waals surface area (Å²) in [6.07, 6.45) is 4.22. The van der Waals surface area contributed by atoms with E-state index in [0.717, 1.165) is 55.0 Å². The van der Waals surface area contributed by atoms with Crippen molar-refractivity contribution in [3.8, 4) is 5.75 Å². The van der Waals surface area contributed by atoms with Gasteiger partial charge in [0.15, 0.2) is 5.82 Å². The number of benzene rings is 1.